The van der Waals surface area contributed by atoms with E-state index < -0.39 is 0 Å². The van der Waals surface area contributed by atoms with Crippen molar-refractivity contribution in [1.82, 2.24) is 19.5 Å². The Morgan fingerprint density at radius 2 is 2.29 bits per heavy atom. The highest BCUT2D eigenvalue weighted by atomic mass is 35.5. The van der Waals surface area contributed by atoms with Gasteiger partial charge in [0.2, 0.25) is 5.88 Å². The van der Waals surface area contributed by atoms with Crippen LogP contribution in [0.5, 0.6) is 5.88 Å². The Hall–Kier alpha value is -1.66. The van der Waals surface area contributed by atoms with Crippen LogP contribution in [0.1, 0.15) is 23.0 Å². The summed E-state index contributed by atoms with van der Waals surface area (Å²) in [4.78, 5) is 14.3. The molecule has 0 aliphatic carbocycles. The normalized spacial score (nSPS) is 12.7. The van der Waals surface area contributed by atoms with Crippen LogP contribution < -0.4 is 4.74 Å². The summed E-state index contributed by atoms with van der Waals surface area (Å²) in [6.07, 6.45) is 2.42. The fraction of sp³-hybridized carbons (Fsp3) is 0.357. The molecule has 0 fully saturated rings. The third kappa shape index (κ3) is 2.73. The molecule has 110 valence electrons. The summed E-state index contributed by atoms with van der Waals surface area (Å²) < 4.78 is 7.31. The molecule has 0 aliphatic rings. The number of ether oxygens (including phenoxy) is 1. The molecular weight excluding hydrogens is 308 g/mol. The number of halogens is 1. The molecule has 0 spiro atoms. The van der Waals surface area contributed by atoms with Crippen LogP contribution >= 0.6 is 22.9 Å². The van der Waals surface area contributed by atoms with E-state index in [1.54, 1.807) is 18.4 Å². The number of thiophene rings is 1. The van der Waals surface area contributed by atoms with Gasteiger partial charge in [0.05, 0.1) is 12.5 Å². The fourth-order valence-electron chi connectivity index (χ4n) is 2.28. The average Bonchev–Trinajstić information content (AvgIpc) is 3.11. The van der Waals surface area contributed by atoms with Gasteiger partial charge in [-0.2, -0.15) is 4.98 Å². The summed E-state index contributed by atoms with van der Waals surface area (Å²) in [5, 5.41) is 1.88. The number of hydrogen-bond acceptors (Lipinski definition) is 5. The number of methoxy groups -OCH3 is 1. The van der Waals surface area contributed by atoms with Crippen LogP contribution in [0, 0.1) is 0 Å². The summed E-state index contributed by atoms with van der Waals surface area (Å²) in [6.45, 7) is 2.69. The lowest BCUT2D eigenvalue weighted by atomic mass is 10.3. The Labute approximate surface area is 131 Å². The number of alkyl halides is 1. The van der Waals surface area contributed by atoms with Gasteiger partial charge in [0.25, 0.3) is 0 Å². The molecule has 3 heterocycles. The number of nitrogens with zero attached hydrogens (tertiary/aromatic N) is 4. The van der Waals surface area contributed by atoms with Crippen LogP contribution in [-0.2, 0) is 13.0 Å². The molecule has 1 atom stereocenters. The van der Waals surface area contributed by atoms with E-state index in [9.17, 15) is 0 Å². The van der Waals surface area contributed by atoms with Crippen molar-refractivity contribution >= 4 is 34.1 Å². The quantitative estimate of drug-likeness (QED) is 0.675. The minimum atomic E-state index is -0.202. The second-order valence-corrected chi connectivity index (χ2v) is 6.31. The topological polar surface area (TPSA) is 52.8 Å². The number of aryl methyl sites for hydroxylation is 2. The second-order valence-electron chi connectivity index (χ2n) is 4.62. The van der Waals surface area contributed by atoms with Gasteiger partial charge in [-0.05, 0) is 24.8 Å². The lowest BCUT2D eigenvalue weighted by molar-refractivity contribution is 0.401. The molecule has 3 aromatic heterocycles. The molecule has 0 saturated heterocycles. The highest BCUT2D eigenvalue weighted by molar-refractivity contribution is 7.09. The molecule has 0 saturated carbocycles. The van der Waals surface area contributed by atoms with E-state index in [2.05, 4.69) is 37.0 Å². The molecule has 0 amide bonds. The molecule has 0 bridgehead atoms. The summed E-state index contributed by atoms with van der Waals surface area (Å²) in [5.74, 6) is 1.27. The summed E-state index contributed by atoms with van der Waals surface area (Å²) >= 11 is 8.01. The van der Waals surface area contributed by atoms with E-state index in [1.807, 2.05) is 6.92 Å². The predicted octanol–water partition coefficient (Wildman–Crippen LogP) is 3.44. The van der Waals surface area contributed by atoms with E-state index in [0.717, 1.165) is 24.4 Å². The molecule has 1 unspecified atom stereocenters. The predicted molar refractivity (Wildman–Crippen MR) is 84.2 cm³/mol. The monoisotopic (exact) mass is 322 g/mol. The fourth-order valence-corrected chi connectivity index (χ4v) is 3.15. The van der Waals surface area contributed by atoms with Crippen molar-refractivity contribution in [2.75, 3.05) is 7.11 Å². The van der Waals surface area contributed by atoms with Crippen molar-refractivity contribution in [2.24, 2.45) is 0 Å². The van der Waals surface area contributed by atoms with Crippen molar-refractivity contribution in [2.45, 2.75) is 25.3 Å². The van der Waals surface area contributed by atoms with Gasteiger partial charge in [-0.25, -0.2) is 9.97 Å². The minimum Gasteiger partial charge on any atom is -0.479 e. The summed E-state index contributed by atoms with van der Waals surface area (Å²) in [6, 6.07) is 4.19. The molecular formula is C14H15ClN4OS. The van der Waals surface area contributed by atoms with Gasteiger partial charge < -0.3 is 9.30 Å². The maximum atomic E-state index is 6.27. The highest BCUT2D eigenvalue weighted by Crippen LogP contribution is 2.27. The van der Waals surface area contributed by atoms with Gasteiger partial charge in [0, 0.05) is 11.4 Å². The standard InChI is InChI=1S/C14H15ClN4OS/c1-9(15)12-18-11-13(16-8-17-14(11)20-2)19(12)6-5-10-4-3-7-21-10/h3-4,7-9H,5-6H2,1-2H3. The van der Waals surface area contributed by atoms with Crippen LogP contribution in [0.4, 0.5) is 0 Å². The maximum absolute atomic E-state index is 6.27. The molecule has 0 radical (unpaired) electrons. The van der Waals surface area contributed by atoms with Crippen LogP contribution in [0.25, 0.3) is 11.2 Å². The van der Waals surface area contributed by atoms with E-state index in [-0.39, 0.29) is 5.38 Å². The van der Waals surface area contributed by atoms with Gasteiger partial charge >= 0.3 is 0 Å². The Morgan fingerprint density at radius 1 is 1.43 bits per heavy atom. The van der Waals surface area contributed by atoms with Crippen molar-refractivity contribution in [3.8, 4) is 5.88 Å². The average molecular weight is 323 g/mol. The first-order valence-electron chi connectivity index (χ1n) is 6.62. The summed E-state index contributed by atoms with van der Waals surface area (Å²) in [5.41, 5.74) is 1.43. The Morgan fingerprint density at radius 3 is 2.95 bits per heavy atom. The van der Waals surface area contributed by atoms with Gasteiger partial charge in [0.1, 0.15) is 12.2 Å². The second kappa shape index (κ2) is 5.99. The minimum absolute atomic E-state index is 0.202. The molecule has 21 heavy (non-hydrogen) atoms. The molecule has 7 heteroatoms. The lowest BCUT2D eigenvalue weighted by Gasteiger charge is -2.09. The number of imidazole rings is 1. The van der Waals surface area contributed by atoms with Crippen molar-refractivity contribution in [3.63, 3.8) is 0 Å². The van der Waals surface area contributed by atoms with Crippen molar-refractivity contribution in [1.29, 1.82) is 0 Å². The molecule has 3 rings (SSSR count). The first kappa shape index (κ1) is 14.3. The third-order valence-corrected chi connectivity index (χ3v) is 4.37. The van der Waals surface area contributed by atoms with E-state index in [0.29, 0.717) is 11.4 Å². The van der Waals surface area contributed by atoms with E-state index in [4.69, 9.17) is 16.3 Å². The highest BCUT2D eigenvalue weighted by Gasteiger charge is 2.19. The van der Waals surface area contributed by atoms with Gasteiger partial charge in [0.15, 0.2) is 11.2 Å². The largest absolute Gasteiger partial charge is 0.479 e. The number of fused-ring (bicyclic) bond motifs is 1. The maximum Gasteiger partial charge on any atom is 0.245 e. The third-order valence-electron chi connectivity index (χ3n) is 3.24. The van der Waals surface area contributed by atoms with Crippen molar-refractivity contribution < 1.29 is 4.74 Å². The van der Waals surface area contributed by atoms with Crippen LogP contribution in [0.2, 0.25) is 0 Å². The van der Waals surface area contributed by atoms with Gasteiger partial charge in [-0.1, -0.05) is 6.07 Å². The first-order valence-corrected chi connectivity index (χ1v) is 7.94. The van der Waals surface area contributed by atoms with E-state index in [1.165, 1.54) is 11.2 Å². The molecule has 3 aromatic rings. The number of rotatable bonds is 5. The molecule has 0 aliphatic heterocycles. The first-order chi connectivity index (χ1) is 10.2. The smallest absolute Gasteiger partial charge is 0.245 e. The zero-order chi connectivity index (χ0) is 14.8. The number of aromatic nitrogens is 4. The molecule has 0 N–H and O–H groups in total. The Balaban J connectivity index is 2.03. The molecule has 0 aromatic carbocycles. The van der Waals surface area contributed by atoms with Crippen LogP contribution in [0.15, 0.2) is 23.8 Å². The van der Waals surface area contributed by atoms with Crippen LogP contribution in [-0.4, -0.2) is 26.6 Å². The van der Waals surface area contributed by atoms with E-state index >= 15 is 0 Å². The SMILES string of the molecule is COc1ncnc2c1nc(C(C)Cl)n2CCc1cccs1. The lowest BCUT2D eigenvalue weighted by Crippen LogP contribution is -2.07. The molecule has 5 nitrogen and oxygen atoms in total. The zero-order valence-electron chi connectivity index (χ0n) is 11.8. The van der Waals surface area contributed by atoms with Gasteiger partial charge in [-0.15, -0.1) is 22.9 Å². The van der Waals surface area contributed by atoms with Gasteiger partial charge in [-0.3, -0.25) is 0 Å². The van der Waals surface area contributed by atoms with Crippen molar-refractivity contribution in [3.05, 3.63) is 34.5 Å². The Bertz CT molecular complexity index is 739. The summed E-state index contributed by atoms with van der Waals surface area (Å²) in [7, 11) is 1.58. The zero-order valence-corrected chi connectivity index (χ0v) is 13.4. The van der Waals surface area contributed by atoms with Crippen LogP contribution in [0.3, 0.4) is 0 Å². The Kier molecular flexibility index (Phi) is 4.07. The number of hydrogen-bond donors (Lipinski definition) is 0.